The van der Waals surface area contributed by atoms with Gasteiger partial charge in [-0.3, -0.25) is 0 Å². The topological polar surface area (TPSA) is 21.3 Å². The summed E-state index contributed by atoms with van der Waals surface area (Å²) in [5.41, 5.74) is 2.78. The van der Waals surface area contributed by atoms with Gasteiger partial charge in [0.05, 0.1) is 6.10 Å². The lowest BCUT2D eigenvalue weighted by Crippen LogP contribution is -2.22. The van der Waals surface area contributed by atoms with Gasteiger partial charge in [-0.2, -0.15) is 0 Å². The highest BCUT2D eigenvalue weighted by molar-refractivity contribution is 5.25. The molecule has 2 nitrogen and oxygen atoms in total. The van der Waals surface area contributed by atoms with Crippen LogP contribution in [-0.4, -0.2) is 19.8 Å². The highest BCUT2D eigenvalue weighted by Gasteiger charge is 2.20. The van der Waals surface area contributed by atoms with Gasteiger partial charge in [-0.25, -0.2) is 0 Å². The van der Waals surface area contributed by atoms with E-state index in [1.165, 1.54) is 24.0 Å². The molecule has 2 rings (SSSR count). The second kappa shape index (κ2) is 6.18. The van der Waals surface area contributed by atoms with Crippen molar-refractivity contribution in [2.24, 2.45) is 0 Å². The maximum Gasteiger partial charge on any atom is 0.0594 e. The van der Waals surface area contributed by atoms with Crippen LogP contribution in [0, 0.1) is 0 Å². The van der Waals surface area contributed by atoms with Gasteiger partial charge in [0, 0.05) is 12.6 Å². The van der Waals surface area contributed by atoms with Gasteiger partial charge < -0.3 is 10.1 Å². The van der Waals surface area contributed by atoms with E-state index in [1.54, 1.807) is 0 Å². The first-order chi connectivity index (χ1) is 8.33. The maximum atomic E-state index is 5.71. The Bertz CT molecular complexity index is 327. The monoisotopic (exact) mass is 233 g/mol. The Labute approximate surface area is 104 Å². The predicted octanol–water partition coefficient (Wildman–Crippen LogP) is 3.08. The van der Waals surface area contributed by atoms with Crippen LogP contribution in [0.2, 0.25) is 0 Å². The Kier molecular flexibility index (Phi) is 4.57. The molecule has 0 aromatic heterocycles. The van der Waals surface area contributed by atoms with E-state index in [4.69, 9.17) is 4.74 Å². The fourth-order valence-electron chi connectivity index (χ4n) is 2.50. The van der Waals surface area contributed by atoms with E-state index in [0.29, 0.717) is 12.1 Å². The number of ether oxygens (including phenoxy) is 1. The lowest BCUT2D eigenvalue weighted by Gasteiger charge is -2.20. The summed E-state index contributed by atoms with van der Waals surface area (Å²) < 4.78 is 5.71. The molecule has 2 unspecified atom stereocenters. The van der Waals surface area contributed by atoms with Crippen molar-refractivity contribution >= 4 is 0 Å². The zero-order valence-electron chi connectivity index (χ0n) is 10.9. The highest BCUT2D eigenvalue weighted by Crippen LogP contribution is 2.25. The molecule has 1 heterocycles. The van der Waals surface area contributed by atoms with Gasteiger partial charge in [0.2, 0.25) is 0 Å². The molecule has 1 saturated heterocycles. The molecule has 0 radical (unpaired) electrons. The van der Waals surface area contributed by atoms with Gasteiger partial charge in [0.15, 0.2) is 0 Å². The van der Waals surface area contributed by atoms with Crippen LogP contribution in [0.3, 0.4) is 0 Å². The molecule has 1 aromatic carbocycles. The molecule has 17 heavy (non-hydrogen) atoms. The normalized spacial score (nSPS) is 21.6. The summed E-state index contributed by atoms with van der Waals surface area (Å²) >= 11 is 0. The lowest BCUT2D eigenvalue weighted by molar-refractivity contribution is 0.0954. The zero-order valence-corrected chi connectivity index (χ0v) is 10.9. The van der Waals surface area contributed by atoms with E-state index < -0.39 is 0 Å². The Hall–Kier alpha value is -0.860. The third kappa shape index (κ3) is 3.30. The number of aryl methyl sites for hydroxylation is 1. The van der Waals surface area contributed by atoms with Gasteiger partial charge in [-0.05, 0) is 43.9 Å². The second-order valence-corrected chi connectivity index (χ2v) is 4.81. The van der Waals surface area contributed by atoms with Crippen molar-refractivity contribution in [2.75, 3.05) is 13.7 Å². The predicted molar refractivity (Wildman–Crippen MR) is 71.2 cm³/mol. The molecule has 1 fully saturated rings. The number of rotatable bonds is 5. The van der Waals surface area contributed by atoms with E-state index in [9.17, 15) is 0 Å². The minimum absolute atomic E-state index is 0.420. The summed E-state index contributed by atoms with van der Waals surface area (Å²) in [4.78, 5) is 0. The molecule has 1 aromatic rings. The van der Waals surface area contributed by atoms with Crippen LogP contribution in [0.1, 0.15) is 43.4 Å². The SMILES string of the molecule is CCc1ccc(C(CC2CCCO2)NC)cc1. The van der Waals surface area contributed by atoms with Crippen LogP contribution in [0.25, 0.3) is 0 Å². The first-order valence-electron chi connectivity index (χ1n) is 6.71. The van der Waals surface area contributed by atoms with Crippen LogP contribution >= 0.6 is 0 Å². The molecule has 1 aliphatic rings. The molecule has 2 atom stereocenters. The summed E-state index contributed by atoms with van der Waals surface area (Å²) in [6.45, 7) is 3.13. The number of hydrogen-bond donors (Lipinski definition) is 1. The van der Waals surface area contributed by atoms with Crippen LogP contribution in [-0.2, 0) is 11.2 Å². The van der Waals surface area contributed by atoms with Gasteiger partial charge >= 0.3 is 0 Å². The highest BCUT2D eigenvalue weighted by atomic mass is 16.5. The van der Waals surface area contributed by atoms with Crippen molar-refractivity contribution in [3.05, 3.63) is 35.4 Å². The van der Waals surface area contributed by atoms with Crippen LogP contribution in [0.5, 0.6) is 0 Å². The summed E-state index contributed by atoms with van der Waals surface area (Å²) in [5, 5.41) is 3.40. The Balaban J connectivity index is 2.00. The zero-order chi connectivity index (χ0) is 12.1. The smallest absolute Gasteiger partial charge is 0.0594 e. The standard InChI is InChI=1S/C15H23NO/c1-3-12-6-8-13(9-7-12)15(16-2)11-14-5-4-10-17-14/h6-9,14-16H,3-5,10-11H2,1-2H3. The number of benzene rings is 1. The van der Waals surface area contributed by atoms with Gasteiger partial charge in [-0.15, -0.1) is 0 Å². The fraction of sp³-hybridized carbons (Fsp3) is 0.600. The maximum absolute atomic E-state index is 5.71. The molecule has 0 aliphatic carbocycles. The molecule has 0 spiro atoms. The minimum Gasteiger partial charge on any atom is -0.378 e. The number of hydrogen-bond acceptors (Lipinski definition) is 2. The molecule has 0 bridgehead atoms. The molecular weight excluding hydrogens is 210 g/mol. The van der Waals surface area contributed by atoms with Crippen molar-refractivity contribution < 1.29 is 4.74 Å². The number of nitrogens with one attached hydrogen (secondary N) is 1. The summed E-state index contributed by atoms with van der Waals surface area (Å²) in [6, 6.07) is 9.37. The Morgan fingerprint density at radius 2 is 2.12 bits per heavy atom. The van der Waals surface area contributed by atoms with Gasteiger partial charge in [0.25, 0.3) is 0 Å². The first-order valence-corrected chi connectivity index (χ1v) is 6.71. The fourth-order valence-corrected chi connectivity index (χ4v) is 2.50. The Morgan fingerprint density at radius 1 is 1.35 bits per heavy atom. The second-order valence-electron chi connectivity index (χ2n) is 4.81. The van der Waals surface area contributed by atoms with Crippen LogP contribution in [0.4, 0.5) is 0 Å². The largest absolute Gasteiger partial charge is 0.378 e. The van der Waals surface area contributed by atoms with Crippen molar-refractivity contribution in [3.8, 4) is 0 Å². The quantitative estimate of drug-likeness (QED) is 0.844. The van der Waals surface area contributed by atoms with Gasteiger partial charge in [-0.1, -0.05) is 31.2 Å². The van der Waals surface area contributed by atoms with E-state index in [2.05, 4.69) is 36.5 Å². The average molecular weight is 233 g/mol. The summed E-state index contributed by atoms with van der Waals surface area (Å²) in [5.74, 6) is 0. The summed E-state index contributed by atoms with van der Waals surface area (Å²) in [6.07, 6.45) is 5.07. The van der Waals surface area contributed by atoms with E-state index in [-0.39, 0.29) is 0 Å². The van der Waals surface area contributed by atoms with Crippen molar-refractivity contribution in [1.29, 1.82) is 0 Å². The van der Waals surface area contributed by atoms with E-state index in [0.717, 1.165) is 19.4 Å². The summed E-state index contributed by atoms with van der Waals surface area (Å²) in [7, 11) is 2.04. The third-order valence-corrected chi connectivity index (χ3v) is 3.66. The van der Waals surface area contributed by atoms with Crippen LogP contribution in [0.15, 0.2) is 24.3 Å². The molecule has 0 amide bonds. The van der Waals surface area contributed by atoms with E-state index in [1.807, 2.05) is 7.05 Å². The van der Waals surface area contributed by atoms with E-state index >= 15 is 0 Å². The van der Waals surface area contributed by atoms with Crippen molar-refractivity contribution in [3.63, 3.8) is 0 Å². The van der Waals surface area contributed by atoms with Crippen molar-refractivity contribution in [1.82, 2.24) is 5.32 Å². The molecule has 0 saturated carbocycles. The third-order valence-electron chi connectivity index (χ3n) is 3.66. The molecule has 1 aliphatic heterocycles. The molecular formula is C15H23NO. The average Bonchev–Trinajstić information content (AvgIpc) is 2.89. The molecule has 1 N–H and O–H groups in total. The van der Waals surface area contributed by atoms with Crippen LogP contribution < -0.4 is 5.32 Å². The van der Waals surface area contributed by atoms with Crippen molar-refractivity contribution in [2.45, 2.75) is 44.8 Å². The molecule has 94 valence electrons. The first kappa shape index (κ1) is 12.6. The lowest BCUT2D eigenvalue weighted by atomic mass is 9.98. The Morgan fingerprint density at radius 3 is 2.65 bits per heavy atom. The molecule has 2 heteroatoms. The van der Waals surface area contributed by atoms with Gasteiger partial charge in [0.1, 0.15) is 0 Å². The minimum atomic E-state index is 0.420.